The number of benzene rings is 1. The molecular weight excluding hydrogens is 341 g/mol. The highest BCUT2D eigenvalue weighted by molar-refractivity contribution is 6.31. The predicted molar refractivity (Wildman–Crippen MR) is 99.4 cm³/mol. The van der Waals surface area contributed by atoms with Gasteiger partial charge in [-0.3, -0.25) is 5.41 Å². The van der Waals surface area contributed by atoms with E-state index in [2.05, 4.69) is 26.8 Å². The summed E-state index contributed by atoms with van der Waals surface area (Å²) in [4.78, 5) is 0. The molecule has 0 heterocycles. The zero-order valence-corrected chi connectivity index (χ0v) is 16.0. The van der Waals surface area contributed by atoms with Crippen LogP contribution in [0.4, 0.5) is 0 Å². The lowest BCUT2D eigenvalue weighted by atomic mass is 9.85. The molecular formula is C17H26Cl3NO. The third-order valence-electron chi connectivity index (χ3n) is 3.48. The molecule has 0 aliphatic carbocycles. The molecule has 0 radical (unpaired) electrons. The third-order valence-corrected chi connectivity index (χ3v) is 4.08. The molecule has 0 aliphatic rings. The van der Waals surface area contributed by atoms with Crippen molar-refractivity contribution in [3.05, 3.63) is 34.3 Å². The van der Waals surface area contributed by atoms with Gasteiger partial charge in [-0.1, -0.05) is 44.5 Å². The lowest BCUT2D eigenvalue weighted by Gasteiger charge is -2.23. The van der Waals surface area contributed by atoms with Crippen molar-refractivity contribution in [3.8, 4) is 0 Å². The van der Waals surface area contributed by atoms with Crippen molar-refractivity contribution in [2.24, 2.45) is 0 Å². The van der Waals surface area contributed by atoms with Crippen molar-refractivity contribution < 1.29 is 4.74 Å². The molecule has 0 amide bonds. The van der Waals surface area contributed by atoms with Crippen LogP contribution in [0, 0.1) is 5.41 Å². The fourth-order valence-corrected chi connectivity index (χ4v) is 2.71. The van der Waals surface area contributed by atoms with E-state index in [0.717, 1.165) is 18.4 Å². The van der Waals surface area contributed by atoms with Gasteiger partial charge in [-0.25, -0.2) is 0 Å². The smallest absolute Gasteiger partial charge is 0.188 e. The number of nitrogens with one attached hydrogen (secondary N) is 1. The lowest BCUT2D eigenvalue weighted by molar-refractivity contribution is 0.305. The van der Waals surface area contributed by atoms with Crippen LogP contribution in [-0.2, 0) is 10.2 Å². The van der Waals surface area contributed by atoms with Gasteiger partial charge in [-0.15, -0.1) is 24.0 Å². The first-order valence-electron chi connectivity index (χ1n) is 7.38. The number of hydrogen-bond donors (Lipinski definition) is 1. The minimum absolute atomic E-state index is 0. The van der Waals surface area contributed by atoms with E-state index in [9.17, 15) is 0 Å². The molecule has 2 nitrogen and oxygen atoms in total. The molecule has 1 N–H and O–H groups in total. The standard InChI is InChI=1S/C17H25Cl2NO.ClH/c1-5-21-16(20)14(7-6-10-18)13-9-8-12(11-15(13)19)17(2,3)4;/h8-9,11,14,20H,5-7,10H2,1-4H3;1H. The van der Waals surface area contributed by atoms with Gasteiger partial charge in [0.05, 0.1) is 12.5 Å². The van der Waals surface area contributed by atoms with E-state index < -0.39 is 0 Å². The van der Waals surface area contributed by atoms with Crippen molar-refractivity contribution in [3.63, 3.8) is 0 Å². The van der Waals surface area contributed by atoms with E-state index >= 15 is 0 Å². The minimum Gasteiger partial charge on any atom is -0.481 e. The average molecular weight is 367 g/mol. The molecule has 5 heteroatoms. The first kappa shape index (κ1) is 21.6. The average Bonchev–Trinajstić information content (AvgIpc) is 2.39. The Morgan fingerprint density at radius 3 is 2.41 bits per heavy atom. The summed E-state index contributed by atoms with van der Waals surface area (Å²) in [5.74, 6) is 0.728. The summed E-state index contributed by atoms with van der Waals surface area (Å²) in [6.07, 6.45) is 1.61. The topological polar surface area (TPSA) is 33.1 Å². The molecule has 126 valence electrons. The molecule has 22 heavy (non-hydrogen) atoms. The maximum Gasteiger partial charge on any atom is 0.188 e. The molecule has 1 atom stereocenters. The van der Waals surface area contributed by atoms with Crippen molar-refractivity contribution in [2.75, 3.05) is 12.5 Å². The number of halogens is 3. The van der Waals surface area contributed by atoms with Crippen LogP contribution in [0.15, 0.2) is 18.2 Å². The Kier molecular flexibility index (Phi) is 9.45. The van der Waals surface area contributed by atoms with Crippen LogP contribution >= 0.6 is 35.6 Å². The highest BCUT2D eigenvalue weighted by Crippen LogP contribution is 2.33. The van der Waals surface area contributed by atoms with Gasteiger partial charge in [0.1, 0.15) is 0 Å². The van der Waals surface area contributed by atoms with Crippen LogP contribution < -0.4 is 0 Å². The fourth-order valence-electron chi connectivity index (χ4n) is 2.24. The van der Waals surface area contributed by atoms with Crippen LogP contribution in [0.5, 0.6) is 0 Å². The maximum absolute atomic E-state index is 8.11. The van der Waals surface area contributed by atoms with Crippen LogP contribution in [0.1, 0.15) is 57.6 Å². The molecule has 0 aromatic heterocycles. The summed E-state index contributed by atoms with van der Waals surface area (Å²) >= 11 is 12.3. The van der Waals surface area contributed by atoms with Gasteiger partial charge in [-0.05, 0) is 42.4 Å². The number of alkyl halides is 1. The Labute approximate surface area is 150 Å². The molecule has 0 spiro atoms. The first-order chi connectivity index (χ1) is 9.81. The zero-order chi connectivity index (χ0) is 16.0. The molecule has 0 saturated heterocycles. The lowest BCUT2D eigenvalue weighted by Crippen LogP contribution is -2.17. The summed E-state index contributed by atoms with van der Waals surface area (Å²) in [7, 11) is 0. The Balaban J connectivity index is 0.00000441. The van der Waals surface area contributed by atoms with E-state index in [1.807, 2.05) is 19.1 Å². The second-order valence-corrected chi connectivity index (χ2v) is 6.95. The molecule has 0 aliphatic heterocycles. The maximum atomic E-state index is 8.11. The summed E-state index contributed by atoms with van der Waals surface area (Å²) < 4.78 is 5.39. The van der Waals surface area contributed by atoms with Gasteiger partial charge < -0.3 is 4.74 Å². The van der Waals surface area contributed by atoms with E-state index in [0.29, 0.717) is 17.5 Å². The van der Waals surface area contributed by atoms with Crippen LogP contribution in [-0.4, -0.2) is 18.4 Å². The van der Waals surface area contributed by atoms with Gasteiger partial charge in [0, 0.05) is 10.9 Å². The van der Waals surface area contributed by atoms with E-state index in [1.165, 1.54) is 5.56 Å². The van der Waals surface area contributed by atoms with Gasteiger partial charge in [0.2, 0.25) is 0 Å². The Morgan fingerprint density at radius 1 is 1.32 bits per heavy atom. The molecule has 1 unspecified atom stereocenters. The fraction of sp³-hybridized carbons (Fsp3) is 0.588. The summed E-state index contributed by atoms with van der Waals surface area (Å²) in [5.41, 5.74) is 2.20. The summed E-state index contributed by atoms with van der Waals surface area (Å²) in [5, 5.41) is 8.81. The van der Waals surface area contributed by atoms with Crippen LogP contribution in [0.3, 0.4) is 0 Å². The largest absolute Gasteiger partial charge is 0.481 e. The second-order valence-electron chi connectivity index (χ2n) is 6.17. The summed E-state index contributed by atoms with van der Waals surface area (Å²) in [6, 6.07) is 6.12. The second kappa shape index (κ2) is 9.64. The van der Waals surface area contributed by atoms with Gasteiger partial charge in [0.25, 0.3) is 0 Å². The Morgan fingerprint density at radius 2 is 1.95 bits per heavy atom. The number of ether oxygens (including phenoxy) is 1. The van der Waals surface area contributed by atoms with Crippen molar-refractivity contribution in [1.29, 1.82) is 5.41 Å². The van der Waals surface area contributed by atoms with Gasteiger partial charge in [0.15, 0.2) is 5.90 Å². The monoisotopic (exact) mass is 365 g/mol. The van der Waals surface area contributed by atoms with E-state index in [-0.39, 0.29) is 29.6 Å². The van der Waals surface area contributed by atoms with Crippen molar-refractivity contribution in [2.45, 2.75) is 51.9 Å². The predicted octanol–water partition coefficient (Wildman–Crippen LogP) is 6.18. The van der Waals surface area contributed by atoms with Gasteiger partial charge >= 0.3 is 0 Å². The Hall–Kier alpha value is -0.440. The quantitative estimate of drug-likeness (QED) is 0.364. The van der Waals surface area contributed by atoms with Crippen LogP contribution in [0.2, 0.25) is 5.02 Å². The molecule has 1 rings (SSSR count). The molecule has 1 aromatic carbocycles. The van der Waals surface area contributed by atoms with E-state index in [4.69, 9.17) is 33.3 Å². The normalized spacial score (nSPS) is 12.5. The molecule has 0 fully saturated rings. The molecule has 1 aromatic rings. The Bertz CT molecular complexity index is 483. The first-order valence-corrected chi connectivity index (χ1v) is 8.29. The molecule has 0 saturated carbocycles. The molecule has 0 bridgehead atoms. The van der Waals surface area contributed by atoms with E-state index in [1.54, 1.807) is 0 Å². The van der Waals surface area contributed by atoms with Gasteiger partial charge in [-0.2, -0.15) is 0 Å². The highest BCUT2D eigenvalue weighted by Gasteiger charge is 2.22. The van der Waals surface area contributed by atoms with Crippen LogP contribution in [0.25, 0.3) is 0 Å². The SMILES string of the molecule is CCOC(=N)C(CCCCl)c1ccc(C(C)(C)C)cc1Cl.Cl. The van der Waals surface area contributed by atoms with Crippen molar-refractivity contribution in [1.82, 2.24) is 0 Å². The number of rotatable bonds is 6. The minimum atomic E-state index is -0.120. The highest BCUT2D eigenvalue weighted by atomic mass is 35.5. The third kappa shape index (κ3) is 5.98. The number of hydrogen-bond acceptors (Lipinski definition) is 2. The van der Waals surface area contributed by atoms with Crippen molar-refractivity contribution >= 4 is 41.5 Å². The zero-order valence-electron chi connectivity index (χ0n) is 13.7. The summed E-state index contributed by atoms with van der Waals surface area (Å²) in [6.45, 7) is 8.86.